The molecule has 2 N–H and O–H groups in total. The second-order valence-electron chi connectivity index (χ2n) is 3.63. The van der Waals surface area contributed by atoms with E-state index in [2.05, 4.69) is 4.98 Å². The highest BCUT2D eigenvalue weighted by Gasteiger charge is 2.16. The quantitative estimate of drug-likeness (QED) is 0.603. The Hall–Kier alpha value is -2.36. The van der Waals surface area contributed by atoms with E-state index in [1.807, 2.05) is 36.5 Å². The van der Waals surface area contributed by atoms with Crippen LogP contribution < -0.4 is 4.40 Å². The molecular formula is C12H9N2O2+. The monoisotopic (exact) mass is 213 g/mol. The van der Waals surface area contributed by atoms with Gasteiger partial charge in [-0.25, -0.2) is 14.2 Å². The molecule has 16 heavy (non-hydrogen) atoms. The lowest BCUT2D eigenvalue weighted by molar-refractivity contribution is -0.508. The first-order valence-electron chi connectivity index (χ1n) is 4.91. The molecule has 0 bridgehead atoms. The fourth-order valence-electron chi connectivity index (χ4n) is 1.88. The Morgan fingerprint density at radius 2 is 2.06 bits per heavy atom. The molecule has 0 saturated carbocycles. The van der Waals surface area contributed by atoms with Crippen LogP contribution in [-0.4, -0.2) is 16.1 Å². The summed E-state index contributed by atoms with van der Waals surface area (Å²) in [7, 11) is 0. The first-order chi connectivity index (χ1) is 7.75. The van der Waals surface area contributed by atoms with Gasteiger partial charge in [0.15, 0.2) is 6.20 Å². The highest BCUT2D eigenvalue weighted by molar-refractivity contribution is 5.93. The number of aromatic carboxylic acids is 1. The van der Waals surface area contributed by atoms with Gasteiger partial charge in [-0.1, -0.05) is 18.2 Å². The number of H-pyrrole nitrogens is 1. The smallest absolute Gasteiger partial charge is 0.379 e. The molecule has 0 atom stereocenters. The number of nitrogens with one attached hydrogen (secondary N) is 1. The molecular weight excluding hydrogens is 204 g/mol. The molecule has 78 valence electrons. The van der Waals surface area contributed by atoms with Crippen LogP contribution >= 0.6 is 0 Å². The van der Waals surface area contributed by atoms with Crippen molar-refractivity contribution in [3.8, 4) is 0 Å². The molecule has 0 unspecified atom stereocenters. The summed E-state index contributed by atoms with van der Waals surface area (Å²) < 4.78 is 1.78. The SMILES string of the molecule is O=C(O)c1c[n+]2ccc3ccccc3c2[nH]1. The van der Waals surface area contributed by atoms with Gasteiger partial charge in [0.25, 0.3) is 11.3 Å². The summed E-state index contributed by atoms with van der Waals surface area (Å²) in [5.74, 6) is -0.951. The Morgan fingerprint density at radius 1 is 1.25 bits per heavy atom. The number of nitrogens with zero attached hydrogens (tertiary/aromatic N) is 1. The molecule has 0 spiro atoms. The van der Waals surface area contributed by atoms with E-state index in [9.17, 15) is 4.79 Å². The van der Waals surface area contributed by atoms with Crippen molar-refractivity contribution in [3.05, 3.63) is 48.4 Å². The lowest BCUT2D eigenvalue weighted by Crippen LogP contribution is -2.17. The molecule has 0 aliphatic rings. The van der Waals surface area contributed by atoms with E-state index in [1.54, 1.807) is 10.6 Å². The second-order valence-corrected chi connectivity index (χ2v) is 3.63. The van der Waals surface area contributed by atoms with Gasteiger partial charge in [-0.2, -0.15) is 0 Å². The van der Waals surface area contributed by atoms with Crippen LogP contribution in [0, 0.1) is 0 Å². The number of carbonyl (C=O) groups is 1. The van der Waals surface area contributed by atoms with Gasteiger partial charge in [0.2, 0.25) is 0 Å². The number of aromatic amines is 1. The number of carboxylic acids is 1. The van der Waals surface area contributed by atoms with Crippen molar-refractivity contribution in [2.45, 2.75) is 0 Å². The number of fused-ring (bicyclic) bond motifs is 3. The highest BCUT2D eigenvalue weighted by atomic mass is 16.4. The van der Waals surface area contributed by atoms with Gasteiger partial charge in [-0.05, 0) is 17.5 Å². The maximum absolute atomic E-state index is 10.9. The Morgan fingerprint density at radius 3 is 2.88 bits per heavy atom. The molecule has 0 aliphatic heterocycles. The largest absolute Gasteiger partial charge is 0.475 e. The average molecular weight is 213 g/mol. The summed E-state index contributed by atoms with van der Waals surface area (Å²) in [5.41, 5.74) is 0.992. The van der Waals surface area contributed by atoms with E-state index in [0.717, 1.165) is 16.4 Å². The Bertz CT molecular complexity index is 700. The lowest BCUT2D eigenvalue weighted by Gasteiger charge is -1.93. The van der Waals surface area contributed by atoms with Gasteiger partial charge >= 0.3 is 5.97 Å². The first kappa shape index (κ1) is 8.91. The molecule has 3 aromatic rings. The number of hydrogen-bond donors (Lipinski definition) is 2. The third-order valence-electron chi connectivity index (χ3n) is 2.64. The number of imidazole rings is 1. The maximum atomic E-state index is 10.9. The number of benzene rings is 1. The van der Waals surface area contributed by atoms with Crippen LogP contribution in [0.5, 0.6) is 0 Å². The minimum atomic E-state index is -0.951. The van der Waals surface area contributed by atoms with Crippen LogP contribution in [0.2, 0.25) is 0 Å². The van der Waals surface area contributed by atoms with Crippen LogP contribution in [0.15, 0.2) is 42.7 Å². The van der Waals surface area contributed by atoms with Crippen LogP contribution in [-0.2, 0) is 0 Å². The molecule has 0 fully saturated rings. The lowest BCUT2D eigenvalue weighted by atomic mass is 10.2. The van der Waals surface area contributed by atoms with Crippen molar-refractivity contribution in [2.24, 2.45) is 0 Å². The molecule has 1 aromatic carbocycles. The third kappa shape index (κ3) is 1.16. The van der Waals surface area contributed by atoms with E-state index in [-0.39, 0.29) is 5.69 Å². The van der Waals surface area contributed by atoms with Crippen molar-refractivity contribution in [2.75, 3.05) is 0 Å². The topological polar surface area (TPSA) is 57.2 Å². The van der Waals surface area contributed by atoms with E-state index >= 15 is 0 Å². The Kier molecular flexibility index (Phi) is 1.71. The molecule has 0 amide bonds. The summed E-state index contributed by atoms with van der Waals surface area (Å²) in [6.07, 6.45) is 3.42. The molecule has 0 radical (unpaired) electrons. The van der Waals surface area contributed by atoms with Crippen LogP contribution in [0.3, 0.4) is 0 Å². The number of pyridine rings is 1. The summed E-state index contributed by atoms with van der Waals surface area (Å²) in [6, 6.07) is 9.81. The summed E-state index contributed by atoms with van der Waals surface area (Å²) in [6.45, 7) is 0. The fraction of sp³-hybridized carbons (Fsp3) is 0. The van der Waals surface area contributed by atoms with Crippen molar-refractivity contribution in [3.63, 3.8) is 0 Å². The summed E-state index contributed by atoms with van der Waals surface area (Å²) >= 11 is 0. The number of rotatable bonds is 1. The van der Waals surface area contributed by atoms with Crippen LogP contribution in [0.4, 0.5) is 0 Å². The predicted molar refractivity (Wildman–Crippen MR) is 58.4 cm³/mol. The standard InChI is InChI=1S/C12H8N2O2/c15-12(16)10-7-14-6-5-8-3-1-2-4-9(8)11(14)13-10/h1-7H,(H,15,16)/p+1. The van der Waals surface area contributed by atoms with Gasteiger partial charge in [-0.3, -0.25) is 0 Å². The number of aromatic nitrogens is 2. The molecule has 3 rings (SSSR count). The molecule has 0 saturated heterocycles. The first-order valence-corrected chi connectivity index (χ1v) is 4.91. The van der Waals surface area contributed by atoms with Gasteiger partial charge < -0.3 is 5.11 Å². The summed E-state index contributed by atoms with van der Waals surface area (Å²) in [5, 5.41) is 11.0. The Balaban J connectivity index is 2.46. The number of hydrogen-bond acceptors (Lipinski definition) is 1. The van der Waals surface area contributed by atoms with Crippen LogP contribution in [0.25, 0.3) is 16.4 Å². The van der Waals surface area contributed by atoms with Crippen molar-refractivity contribution >= 4 is 22.4 Å². The van der Waals surface area contributed by atoms with E-state index in [0.29, 0.717) is 0 Å². The molecule has 2 heterocycles. The van der Waals surface area contributed by atoms with E-state index in [4.69, 9.17) is 5.11 Å². The summed E-state index contributed by atoms with van der Waals surface area (Å²) in [4.78, 5) is 13.8. The van der Waals surface area contributed by atoms with Gasteiger partial charge in [0.1, 0.15) is 0 Å². The third-order valence-corrected chi connectivity index (χ3v) is 2.64. The highest BCUT2D eigenvalue weighted by Crippen LogP contribution is 2.15. The average Bonchev–Trinajstić information content (AvgIpc) is 2.73. The fourth-order valence-corrected chi connectivity index (χ4v) is 1.88. The van der Waals surface area contributed by atoms with Crippen molar-refractivity contribution in [1.29, 1.82) is 0 Å². The molecule has 0 aliphatic carbocycles. The van der Waals surface area contributed by atoms with Gasteiger partial charge in [0, 0.05) is 0 Å². The maximum Gasteiger partial charge on any atom is 0.379 e. The predicted octanol–water partition coefficient (Wildman–Crippen LogP) is 1.60. The zero-order valence-corrected chi connectivity index (χ0v) is 8.34. The van der Waals surface area contributed by atoms with Gasteiger partial charge in [-0.15, -0.1) is 0 Å². The minimum absolute atomic E-state index is 0.191. The van der Waals surface area contributed by atoms with E-state index in [1.165, 1.54) is 0 Å². The zero-order chi connectivity index (χ0) is 11.1. The van der Waals surface area contributed by atoms with Crippen molar-refractivity contribution < 1.29 is 14.3 Å². The van der Waals surface area contributed by atoms with Crippen LogP contribution in [0.1, 0.15) is 10.5 Å². The second kappa shape index (κ2) is 3.06. The molecule has 4 heteroatoms. The Labute approximate surface area is 90.8 Å². The zero-order valence-electron chi connectivity index (χ0n) is 8.34. The van der Waals surface area contributed by atoms with E-state index < -0.39 is 5.97 Å². The molecule has 4 nitrogen and oxygen atoms in total. The minimum Gasteiger partial charge on any atom is -0.475 e. The molecule has 2 aromatic heterocycles. The normalized spacial score (nSPS) is 11.0. The van der Waals surface area contributed by atoms with Crippen molar-refractivity contribution in [1.82, 2.24) is 4.98 Å². The van der Waals surface area contributed by atoms with Gasteiger partial charge in [0.05, 0.1) is 11.6 Å². The number of carboxylic acid groups (broad SMARTS) is 1.